The molecule has 0 saturated carbocycles. The lowest BCUT2D eigenvalue weighted by Crippen LogP contribution is -2.51. The lowest BCUT2D eigenvalue weighted by atomic mass is 9.45. The van der Waals surface area contributed by atoms with Gasteiger partial charge in [-0.1, -0.05) is 72.8 Å². The smallest absolute Gasteiger partial charge is 0.305 e. The van der Waals surface area contributed by atoms with Crippen molar-refractivity contribution in [1.29, 1.82) is 0 Å². The predicted octanol–water partition coefficient (Wildman–Crippen LogP) is 5.67. The molecule has 0 saturated heterocycles. The van der Waals surface area contributed by atoms with E-state index in [0.29, 0.717) is 38.9 Å². The third kappa shape index (κ3) is 3.12. The molecule has 0 heterocycles. The van der Waals surface area contributed by atoms with Gasteiger partial charge in [0.1, 0.15) is 0 Å². The van der Waals surface area contributed by atoms with Gasteiger partial charge in [-0.3, -0.25) is 9.59 Å². The summed E-state index contributed by atoms with van der Waals surface area (Å²) in [6, 6.07) is 25.7. The maximum Gasteiger partial charge on any atom is 0.305 e. The molecular formula is C30H30O4. The van der Waals surface area contributed by atoms with Gasteiger partial charge < -0.3 is 9.47 Å². The highest BCUT2D eigenvalue weighted by molar-refractivity contribution is 5.78. The molecule has 3 aromatic carbocycles. The van der Waals surface area contributed by atoms with Crippen molar-refractivity contribution in [1.82, 2.24) is 0 Å². The van der Waals surface area contributed by atoms with Crippen LogP contribution < -0.4 is 0 Å². The molecule has 3 aromatic rings. The Hall–Kier alpha value is -3.40. The van der Waals surface area contributed by atoms with Gasteiger partial charge in [-0.25, -0.2) is 0 Å². The van der Waals surface area contributed by atoms with Crippen molar-refractivity contribution < 1.29 is 19.1 Å². The summed E-state index contributed by atoms with van der Waals surface area (Å²) in [5.41, 5.74) is 6.45. The Labute approximate surface area is 200 Å². The molecule has 0 radical (unpaired) electrons. The van der Waals surface area contributed by atoms with E-state index in [1.807, 2.05) is 13.8 Å². The molecule has 0 N–H and O–H groups in total. The minimum absolute atomic E-state index is 0.172. The molecule has 0 fully saturated rings. The predicted molar refractivity (Wildman–Crippen MR) is 131 cm³/mol. The van der Waals surface area contributed by atoms with Gasteiger partial charge in [-0.2, -0.15) is 0 Å². The Balaban J connectivity index is 1.76. The van der Waals surface area contributed by atoms with Gasteiger partial charge in [0.25, 0.3) is 0 Å². The first-order chi connectivity index (χ1) is 16.6. The first kappa shape index (κ1) is 22.4. The van der Waals surface area contributed by atoms with Crippen LogP contribution in [0.1, 0.15) is 72.9 Å². The lowest BCUT2D eigenvalue weighted by Gasteiger charge is -2.57. The highest BCUT2D eigenvalue weighted by Gasteiger charge is 2.58. The molecule has 2 bridgehead atoms. The SMILES string of the molecule is CCOC(=O)CCC12c3ccccc3C(CCC(=O)OCC)(c3ccccc31)c1ccccc12. The molecule has 4 nitrogen and oxygen atoms in total. The second-order valence-corrected chi connectivity index (χ2v) is 9.06. The molecule has 0 atom stereocenters. The maximum absolute atomic E-state index is 12.5. The summed E-state index contributed by atoms with van der Waals surface area (Å²) in [5.74, 6) is -0.344. The zero-order chi connectivity index (χ0) is 23.8. The Bertz CT molecular complexity index is 1030. The second kappa shape index (κ2) is 8.75. The van der Waals surface area contributed by atoms with Crippen LogP contribution >= 0.6 is 0 Å². The molecule has 0 aromatic heterocycles. The Morgan fingerprint density at radius 3 is 1.06 bits per heavy atom. The maximum atomic E-state index is 12.5. The van der Waals surface area contributed by atoms with Crippen LogP contribution in [0.3, 0.4) is 0 Å². The molecule has 6 rings (SSSR count). The van der Waals surface area contributed by atoms with Crippen molar-refractivity contribution in [2.45, 2.75) is 50.4 Å². The number of rotatable bonds is 8. The van der Waals surface area contributed by atoms with Crippen LogP contribution in [0.4, 0.5) is 0 Å². The summed E-state index contributed by atoms with van der Waals surface area (Å²) < 4.78 is 10.6. The highest BCUT2D eigenvalue weighted by atomic mass is 16.5. The van der Waals surface area contributed by atoms with Crippen LogP contribution in [0, 0.1) is 0 Å². The fourth-order valence-corrected chi connectivity index (χ4v) is 6.41. The van der Waals surface area contributed by atoms with Crippen LogP contribution in [0.5, 0.6) is 0 Å². The number of carbonyl (C=O) groups is 2. The number of hydrogen-bond acceptors (Lipinski definition) is 4. The third-order valence-electron chi connectivity index (χ3n) is 7.56. The van der Waals surface area contributed by atoms with Gasteiger partial charge in [-0.15, -0.1) is 0 Å². The van der Waals surface area contributed by atoms with E-state index >= 15 is 0 Å². The van der Waals surface area contributed by atoms with Crippen LogP contribution in [0.25, 0.3) is 0 Å². The van der Waals surface area contributed by atoms with Gasteiger partial charge in [0.15, 0.2) is 0 Å². The zero-order valence-electron chi connectivity index (χ0n) is 19.8. The number of carbonyl (C=O) groups excluding carboxylic acids is 2. The summed E-state index contributed by atoms with van der Waals surface area (Å²) in [5, 5.41) is 0. The van der Waals surface area contributed by atoms with Crippen molar-refractivity contribution in [3.63, 3.8) is 0 Å². The molecule has 34 heavy (non-hydrogen) atoms. The van der Waals surface area contributed by atoms with Gasteiger partial charge in [0.2, 0.25) is 0 Å². The highest BCUT2D eigenvalue weighted by Crippen LogP contribution is 2.64. The van der Waals surface area contributed by atoms with Crippen LogP contribution in [0.2, 0.25) is 0 Å². The van der Waals surface area contributed by atoms with Crippen LogP contribution in [-0.2, 0) is 29.9 Å². The van der Waals surface area contributed by atoms with Gasteiger partial charge in [0.05, 0.1) is 13.2 Å². The molecule has 4 heteroatoms. The number of hydrogen-bond donors (Lipinski definition) is 0. The van der Waals surface area contributed by atoms with E-state index < -0.39 is 10.8 Å². The quantitative estimate of drug-likeness (QED) is 0.412. The number of esters is 2. The summed E-state index contributed by atoms with van der Waals surface area (Å²) in [6.45, 7) is 4.45. The minimum Gasteiger partial charge on any atom is -0.466 e. The van der Waals surface area contributed by atoms with Crippen LogP contribution in [-0.4, -0.2) is 25.2 Å². The normalized spacial score (nSPS) is 21.2. The molecule has 0 unspecified atom stereocenters. The van der Waals surface area contributed by atoms with Crippen molar-refractivity contribution in [3.05, 3.63) is 106 Å². The van der Waals surface area contributed by atoms with E-state index in [-0.39, 0.29) is 11.9 Å². The molecule has 0 aliphatic heterocycles. The monoisotopic (exact) mass is 454 g/mol. The minimum atomic E-state index is -0.442. The van der Waals surface area contributed by atoms with Crippen molar-refractivity contribution >= 4 is 11.9 Å². The summed E-state index contributed by atoms with van der Waals surface area (Å²) >= 11 is 0. The van der Waals surface area contributed by atoms with Gasteiger partial charge in [0, 0.05) is 23.7 Å². The number of ether oxygens (including phenoxy) is 2. The van der Waals surface area contributed by atoms with E-state index in [1.165, 1.54) is 33.4 Å². The fraction of sp³-hybridized carbons (Fsp3) is 0.333. The fourth-order valence-electron chi connectivity index (χ4n) is 6.41. The van der Waals surface area contributed by atoms with E-state index in [1.54, 1.807) is 0 Å². The van der Waals surface area contributed by atoms with Gasteiger partial charge >= 0.3 is 11.9 Å². The summed E-state index contributed by atoms with van der Waals surface area (Å²) in [4.78, 5) is 25.0. The van der Waals surface area contributed by atoms with E-state index in [9.17, 15) is 9.59 Å². The van der Waals surface area contributed by atoms with Crippen molar-refractivity contribution in [2.24, 2.45) is 0 Å². The molecule has 174 valence electrons. The average Bonchev–Trinajstić information content (AvgIpc) is 2.87. The van der Waals surface area contributed by atoms with Gasteiger partial charge in [-0.05, 0) is 60.1 Å². The van der Waals surface area contributed by atoms with Crippen LogP contribution in [0.15, 0.2) is 72.8 Å². The Morgan fingerprint density at radius 1 is 0.559 bits per heavy atom. The zero-order valence-corrected chi connectivity index (χ0v) is 19.8. The topological polar surface area (TPSA) is 52.6 Å². The Morgan fingerprint density at radius 2 is 0.824 bits per heavy atom. The molecule has 3 aliphatic rings. The molecule has 0 amide bonds. The molecular weight excluding hydrogens is 424 g/mol. The molecule has 3 aliphatic carbocycles. The molecule has 0 spiro atoms. The van der Waals surface area contributed by atoms with Crippen molar-refractivity contribution in [3.8, 4) is 0 Å². The largest absolute Gasteiger partial charge is 0.466 e. The lowest BCUT2D eigenvalue weighted by molar-refractivity contribution is -0.144. The summed E-state index contributed by atoms with van der Waals surface area (Å²) in [7, 11) is 0. The first-order valence-electron chi connectivity index (χ1n) is 12.2. The second-order valence-electron chi connectivity index (χ2n) is 9.06. The third-order valence-corrected chi connectivity index (χ3v) is 7.56. The Kier molecular flexibility index (Phi) is 5.76. The van der Waals surface area contributed by atoms with E-state index in [2.05, 4.69) is 72.8 Å². The first-order valence-corrected chi connectivity index (χ1v) is 12.2. The summed E-state index contributed by atoms with van der Waals surface area (Å²) in [6.07, 6.45) is 1.93. The van der Waals surface area contributed by atoms with E-state index in [4.69, 9.17) is 9.47 Å². The van der Waals surface area contributed by atoms with E-state index in [0.717, 1.165) is 0 Å². The standard InChI is InChI=1S/C30H30O4/c1-3-33-27(31)17-19-29-21-11-5-8-14-24(21)30(20-18-28(32)34-4-2,25-15-9-6-12-22(25)29)26-16-10-7-13-23(26)29/h5-16H,3-4,17-20H2,1-2H3. The average molecular weight is 455 g/mol. The van der Waals surface area contributed by atoms with Crippen molar-refractivity contribution in [2.75, 3.05) is 13.2 Å². The number of benzene rings is 3.